The van der Waals surface area contributed by atoms with E-state index in [-0.39, 0.29) is 5.56 Å². The molecule has 0 unspecified atom stereocenters. The molecule has 0 spiro atoms. The Bertz CT molecular complexity index is 434. The van der Waals surface area contributed by atoms with Crippen LogP contribution in [0.1, 0.15) is 11.1 Å². The number of nitrogens with zero attached hydrogens (tertiary/aromatic N) is 1. The molecule has 0 radical (unpaired) electrons. The number of aldehydes is 1. The van der Waals surface area contributed by atoms with Crippen LogP contribution >= 0.6 is 0 Å². The number of nitriles is 1. The van der Waals surface area contributed by atoms with E-state index in [9.17, 15) is 9.18 Å². The fraction of sp³-hybridized carbons (Fsp3) is 0. The van der Waals surface area contributed by atoms with Crippen LogP contribution in [-0.4, -0.2) is 6.29 Å². The standard InChI is InChI=1S/C10H4FNO/c11-10-4-3-8(7-12)6-9(10)2-1-5-13/h3-6H. The molecule has 0 bridgehead atoms. The summed E-state index contributed by atoms with van der Waals surface area (Å²) in [5, 5.41) is 8.49. The predicted molar refractivity (Wildman–Crippen MR) is 44.1 cm³/mol. The molecule has 0 amide bonds. The van der Waals surface area contributed by atoms with Gasteiger partial charge >= 0.3 is 0 Å². The van der Waals surface area contributed by atoms with Crippen LogP contribution in [0.15, 0.2) is 18.2 Å². The summed E-state index contributed by atoms with van der Waals surface area (Å²) in [6.07, 6.45) is 0.373. The van der Waals surface area contributed by atoms with Crippen LogP contribution in [-0.2, 0) is 4.79 Å². The molecular weight excluding hydrogens is 169 g/mol. The van der Waals surface area contributed by atoms with Crippen molar-refractivity contribution in [3.05, 3.63) is 35.1 Å². The lowest BCUT2D eigenvalue weighted by Crippen LogP contribution is -1.85. The minimum absolute atomic E-state index is 0.0613. The average Bonchev–Trinajstić information content (AvgIpc) is 2.17. The number of halogens is 1. The maximum Gasteiger partial charge on any atom is 0.193 e. The van der Waals surface area contributed by atoms with Crippen molar-refractivity contribution < 1.29 is 9.18 Å². The second kappa shape index (κ2) is 4.04. The summed E-state index contributed by atoms with van der Waals surface area (Å²) in [6.45, 7) is 0. The molecule has 0 saturated carbocycles. The Kier molecular flexibility index (Phi) is 2.78. The number of rotatable bonds is 0. The molecule has 0 aliphatic rings. The van der Waals surface area contributed by atoms with E-state index in [0.717, 1.165) is 6.07 Å². The van der Waals surface area contributed by atoms with Gasteiger partial charge in [-0.15, -0.1) is 0 Å². The zero-order valence-corrected chi connectivity index (χ0v) is 6.54. The SMILES string of the molecule is N#Cc1ccc(F)c(C#CC=O)c1. The van der Waals surface area contributed by atoms with E-state index in [2.05, 4.69) is 11.8 Å². The molecule has 62 valence electrons. The molecule has 1 rings (SSSR count). The molecule has 0 fully saturated rings. The van der Waals surface area contributed by atoms with Crippen molar-refractivity contribution in [2.75, 3.05) is 0 Å². The van der Waals surface area contributed by atoms with Crippen molar-refractivity contribution in [3.8, 4) is 17.9 Å². The van der Waals surface area contributed by atoms with Gasteiger partial charge in [-0.3, -0.25) is 4.79 Å². The molecule has 0 aliphatic carbocycles. The molecule has 0 N–H and O–H groups in total. The van der Waals surface area contributed by atoms with E-state index < -0.39 is 5.82 Å². The van der Waals surface area contributed by atoms with Gasteiger partial charge in [0.15, 0.2) is 6.29 Å². The Morgan fingerprint density at radius 1 is 1.46 bits per heavy atom. The van der Waals surface area contributed by atoms with Crippen LogP contribution < -0.4 is 0 Å². The summed E-state index contributed by atoms with van der Waals surface area (Å²) in [5.41, 5.74) is 0.378. The zero-order valence-electron chi connectivity index (χ0n) is 6.54. The van der Waals surface area contributed by atoms with E-state index >= 15 is 0 Å². The Labute approximate surface area is 74.6 Å². The molecule has 0 heterocycles. The summed E-state index contributed by atoms with van der Waals surface area (Å²) in [4.78, 5) is 9.88. The number of hydrogen-bond donors (Lipinski definition) is 0. The normalized spacial score (nSPS) is 8.00. The number of hydrogen-bond acceptors (Lipinski definition) is 2. The van der Waals surface area contributed by atoms with Crippen molar-refractivity contribution in [2.45, 2.75) is 0 Å². The molecule has 13 heavy (non-hydrogen) atoms. The Morgan fingerprint density at radius 2 is 2.23 bits per heavy atom. The third-order valence-electron chi connectivity index (χ3n) is 1.36. The second-order valence-corrected chi connectivity index (χ2v) is 2.19. The van der Waals surface area contributed by atoms with Crippen LogP contribution in [0.25, 0.3) is 0 Å². The first-order chi connectivity index (χ1) is 6.27. The molecule has 0 atom stereocenters. The molecule has 1 aromatic rings. The predicted octanol–water partition coefficient (Wildman–Crippen LogP) is 1.25. The van der Waals surface area contributed by atoms with Crippen LogP contribution in [0.5, 0.6) is 0 Å². The zero-order chi connectivity index (χ0) is 9.68. The first-order valence-electron chi connectivity index (χ1n) is 3.43. The van der Waals surface area contributed by atoms with E-state index in [1.807, 2.05) is 6.07 Å². The van der Waals surface area contributed by atoms with Crippen LogP contribution in [0, 0.1) is 29.0 Å². The van der Waals surface area contributed by atoms with Gasteiger partial charge in [0.05, 0.1) is 17.2 Å². The van der Waals surface area contributed by atoms with Crippen molar-refractivity contribution in [1.29, 1.82) is 5.26 Å². The van der Waals surface area contributed by atoms with Gasteiger partial charge in [-0.25, -0.2) is 4.39 Å². The average molecular weight is 173 g/mol. The Hall–Kier alpha value is -2.13. The number of carbonyl (C=O) groups is 1. The summed E-state index contributed by atoms with van der Waals surface area (Å²) in [7, 11) is 0. The Balaban J connectivity index is 3.20. The summed E-state index contributed by atoms with van der Waals surface area (Å²) in [6, 6.07) is 5.64. The highest BCUT2D eigenvalue weighted by atomic mass is 19.1. The van der Waals surface area contributed by atoms with Gasteiger partial charge in [0.2, 0.25) is 0 Å². The smallest absolute Gasteiger partial charge is 0.193 e. The molecule has 0 saturated heterocycles. The van der Waals surface area contributed by atoms with Gasteiger partial charge in [-0.1, -0.05) is 5.92 Å². The van der Waals surface area contributed by atoms with Crippen molar-refractivity contribution in [2.24, 2.45) is 0 Å². The fourth-order valence-corrected chi connectivity index (χ4v) is 0.798. The van der Waals surface area contributed by atoms with Gasteiger partial charge in [-0.2, -0.15) is 5.26 Å². The molecule has 3 heteroatoms. The summed E-state index contributed by atoms with van der Waals surface area (Å²) < 4.78 is 12.9. The third-order valence-corrected chi connectivity index (χ3v) is 1.36. The van der Waals surface area contributed by atoms with Gasteiger partial charge in [0.1, 0.15) is 5.82 Å². The lowest BCUT2D eigenvalue weighted by atomic mass is 10.1. The Morgan fingerprint density at radius 3 is 2.85 bits per heavy atom. The molecule has 2 nitrogen and oxygen atoms in total. The van der Waals surface area contributed by atoms with Gasteiger partial charge in [0, 0.05) is 0 Å². The number of benzene rings is 1. The fourth-order valence-electron chi connectivity index (χ4n) is 0.798. The van der Waals surface area contributed by atoms with Crippen LogP contribution in [0.3, 0.4) is 0 Å². The monoisotopic (exact) mass is 173 g/mol. The maximum absolute atomic E-state index is 12.9. The first-order valence-corrected chi connectivity index (χ1v) is 3.43. The topological polar surface area (TPSA) is 40.9 Å². The molecule has 0 aliphatic heterocycles. The van der Waals surface area contributed by atoms with Gasteiger partial charge < -0.3 is 0 Å². The highest BCUT2D eigenvalue weighted by Gasteiger charge is 1.99. The van der Waals surface area contributed by atoms with E-state index in [4.69, 9.17) is 5.26 Å². The highest BCUT2D eigenvalue weighted by Crippen LogP contribution is 2.08. The second-order valence-electron chi connectivity index (χ2n) is 2.19. The van der Waals surface area contributed by atoms with Crippen molar-refractivity contribution in [3.63, 3.8) is 0 Å². The summed E-state index contributed by atoms with van der Waals surface area (Å²) >= 11 is 0. The minimum atomic E-state index is -0.534. The lowest BCUT2D eigenvalue weighted by Gasteiger charge is -1.93. The minimum Gasteiger partial charge on any atom is -0.289 e. The lowest BCUT2D eigenvalue weighted by molar-refractivity contribution is -0.103. The maximum atomic E-state index is 12.9. The molecule has 1 aromatic carbocycles. The first kappa shape index (κ1) is 8.96. The largest absolute Gasteiger partial charge is 0.289 e. The van der Waals surface area contributed by atoms with Gasteiger partial charge in [-0.05, 0) is 24.1 Å². The van der Waals surface area contributed by atoms with Crippen molar-refractivity contribution in [1.82, 2.24) is 0 Å². The van der Waals surface area contributed by atoms with E-state index in [1.165, 1.54) is 12.1 Å². The van der Waals surface area contributed by atoms with Crippen LogP contribution in [0.2, 0.25) is 0 Å². The van der Waals surface area contributed by atoms with Crippen molar-refractivity contribution >= 4 is 6.29 Å². The molecule has 0 aromatic heterocycles. The highest BCUT2D eigenvalue weighted by molar-refractivity contribution is 5.74. The quantitative estimate of drug-likeness (QED) is 0.437. The molecular formula is C10H4FNO. The van der Waals surface area contributed by atoms with E-state index in [0.29, 0.717) is 11.8 Å². The number of carbonyl (C=O) groups excluding carboxylic acids is 1. The third kappa shape index (κ3) is 2.15. The van der Waals surface area contributed by atoms with Gasteiger partial charge in [0.25, 0.3) is 0 Å². The van der Waals surface area contributed by atoms with E-state index in [1.54, 1.807) is 0 Å². The van der Waals surface area contributed by atoms with Crippen LogP contribution in [0.4, 0.5) is 4.39 Å². The summed E-state index contributed by atoms with van der Waals surface area (Å²) in [5.74, 6) is 3.84.